The molecule has 4 atom stereocenters. The largest absolute Gasteiger partial charge is 0.743 e. The molecule has 4 unspecified atom stereocenters. The van der Waals surface area contributed by atoms with Crippen molar-refractivity contribution < 1.29 is 54.0 Å². The zero-order valence-corrected chi connectivity index (χ0v) is 18.2. The van der Waals surface area contributed by atoms with Crippen molar-refractivity contribution >= 4 is 22.1 Å². The molecule has 4 aliphatic rings. The van der Waals surface area contributed by atoms with Gasteiger partial charge in [-0.1, -0.05) is 13.8 Å². The number of esters is 2. The molecule has 0 N–H and O–H groups in total. The van der Waals surface area contributed by atoms with Crippen molar-refractivity contribution in [2.45, 2.75) is 81.9 Å². The van der Waals surface area contributed by atoms with Crippen LogP contribution in [0, 0.1) is 23.2 Å². The standard InChI is InChI=1S/C19H25F5O7S/c1-3-10(2)13(25)31-17-7-11-4-12(8-17)6-16(5-11,9-17)15(26)30-14(18(20,21)22)19(23,24)32(27,28)29/h10-12,14H,3-9H2,1-2H3,(H,27,28,29)/p-1. The van der Waals surface area contributed by atoms with Crippen LogP contribution in [0.15, 0.2) is 0 Å². The number of carbonyl (C=O) groups excluding carboxylic acids is 2. The monoisotopic (exact) mass is 491 g/mol. The number of carbonyl (C=O) groups is 2. The van der Waals surface area contributed by atoms with E-state index < -0.39 is 56.5 Å². The summed E-state index contributed by atoms with van der Waals surface area (Å²) < 4.78 is 109. The van der Waals surface area contributed by atoms with Crippen molar-refractivity contribution in [1.82, 2.24) is 0 Å². The topological polar surface area (TPSA) is 110 Å². The predicted octanol–water partition coefficient (Wildman–Crippen LogP) is 3.53. The summed E-state index contributed by atoms with van der Waals surface area (Å²) >= 11 is 0. The maximum Gasteiger partial charge on any atom is 0.432 e. The molecular weight excluding hydrogens is 467 g/mol. The summed E-state index contributed by atoms with van der Waals surface area (Å²) in [5.41, 5.74) is -2.75. The lowest BCUT2D eigenvalue weighted by Gasteiger charge is -2.60. The van der Waals surface area contributed by atoms with Gasteiger partial charge in [-0.3, -0.25) is 9.59 Å². The van der Waals surface area contributed by atoms with Crippen LogP contribution in [-0.4, -0.2) is 48.0 Å². The Balaban J connectivity index is 1.90. The molecule has 4 rings (SSSR count). The highest BCUT2D eigenvalue weighted by atomic mass is 32.2. The summed E-state index contributed by atoms with van der Waals surface area (Å²) in [7, 11) is -6.78. The SMILES string of the molecule is CCC(C)C(=O)OC12CC3CC(C1)CC(C(=O)OC(C(F)(F)F)C(F)(F)S(=O)(=O)[O-])(C3)C2. The summed E-state index contributed by atoms with van der Waals surface area (Å²) in [6.07, 6.45) is -8.61. The van der Waals surface area contributed by atoms with Crippen LogP contribution in [0.2, 0.25) is 0 Å². The fourth-order valence-electron chi connectivity index (χ4n) is 5.71. The van der Waals surface area contributed by atoms with E-state index in [2.05, 4.69) is 4.74 Å². The van der Waals surface area contributed by atoms with E-state index in [-0.39, 0.29) is 31.1 Å². The van der Waals surface area contributed by atoms with Crippen LogP contribution >= 0.6 is 0 Å². The zero-order chi connectivity index (χ0) is 24.3. The minimum atomic E-state index is -6.78. The maximum absolute atomic E-state index is 13.8. The highest BCUT2D eigenvalue weighted by Gasteiger charge is 2.67. The van der Waals surface area contributed by atoms with E-state index in [9.17, 15) is 44.5 Å². The first kappa shape index (κ1) is 25.1. The van der Waals surface area contributed by atoms with Crippen LogP contribution < -0.4 is 0 Å². The molecule has 0 aromatic rings. The van der Waals surface area contributed by atoms with E-state index in [1.54, 1.807) is 13.8 Å². The molecule has 0 spiro atoms. The lowest BCUT2D eigenvalue weighted by Crippen LogP contribution is -2.61. The maximum atomic E-state index is 13.8. The number of ether oxygens (including phenoxy) is 2. The van der Waals surface area contributed by atoms with Crippen molar-refractivity contribution in [3.05, 3.63) is 0 Å². The van der Waals surface area contributed by atoms with Gasteiger partial charge in [0.25, 0.3) is 6.10 Å². The van der Waals surface area contributed by atoms with E-state index in [1.165, 1.54) is 0 Å². The van der Waals surface area contributed by atoms with Crippen molar-refractivity contribution in [2.75, 3.05) is 0 Å². The third kappa shape index (κ3) is 4.34. The summed E-state index contributed by atoms with van der Waals surface area (Å²) in [5.74, 6) is -3.00. The lowest BCUT2D eigenvalue weighted by molar-refractivity contribution is -0.270. The number of hydrogen-bond acceptors (Lipinski definition) is 7. The van der Waals surface area contributed by atoms with Crippen LogP contribution in [0.3, 0.4) is 0 Å². The van der Waals surface area contributed by atoms with Crippen molar-refractivity contribution in [3.63, 3.8) is 0 Å². The molecule has 0 aliphatic heterocycles. The Morgan fingerprint density at radius 2 is 1.62 bits per heavy atom. The van der Waals surface area contributed by atoms with Crippen molar-refractivity contribution in [2.24, 2.45) is 23.2 Å². The van der Waals surface area contributed by atoms with Gasteiger partial charge in [0.15, 0.2) is 10.1 Å². The third-order valence-corrected chi connectivity index (χ3v) is 7.81. The van der Waals surface area contributed by atoms with Gasteiger partial charge in [0.2, 0.25) is 0 Å². The van der Waals surface area contributed by atoms with Crippen molar-refractivity contribution in [1.29, 1.82) is 0 Å². The summed E-state index contributed by atoms with van der Waals surface area (Å²) in [6.45, 7) is 3.41. The van der Waals surface area contributed by atoms with Gasteiger partial charge < -0.3 is 14.0 Å². The molecule has 4 aliphatic carbocycles. The number of halogens is 5. The minimum absolute atomic E-state index is 0.0469. The van der Waals surface area contributed by atoms with Crippen LogP contribution in [0.1, 0.15) is 58.8 Å². The van der Waals surface area contributed by atoms with E-state index in [0.717, 1.165) is 0 Å². The summed E-state index contributed by atoms with van der Waals surface area (Å²) in [6, 6.07) is 0. The second-order valence-corrected chi connectivity index (χ2v) is 11.0. The van der Waals surface area contributed by atoms with E-state index in [1.807, 2.05) is 0 Å². The highest BCUT2D eigenvalue weighted by molar-refractivity contribution is 7.86. The van der Waals surface area contributed by atoms with E-state index in [4.69, 9.17) is 4.74 Å². The van der Waals surface area contributed by atoms with Gasteiger partial charge in [-0.2, -0.15) is 22.0 Å². The Labute approximate surface area is 181 Å². The number of alkyl halides is 5. The quantitative estimate of drug-likeness (QED) is 0.304. The molecule has 0 radical (unpaired) electrons. The van der Waals surface area contributed by atoms with E-state index in [0.29, 0.717) is 25.7 Å². The van der Waals surface area contributed by atoms with Crippen LogP contribution in [0.4, 0.5) is 22.0 Å². The normalized spacial score (nSPS) is 34.1. The number of hydrogen-bond donors (Lipinski definition) is 0. The third-order valence-electron chi connectivity index (χ3n) is 6.93. The molecule has 4 bridgehead atoms. The molecular formula is C19H24F5O7S-. The van der Waals surface area contributed by atoms with Gasteiger partial charge in [-0.15, -0.1) is 0 Å². The molecule has 0 amide bonds. The average Bonchev–Trinajstić information content (AvgIpc) is 2.61. The van der Waals surface area contributed by atoms with Gasteiger partial charge in [-0.05, 0) is 50.4 Å². The second-order valence-electron chi connectivity index (χ2n) is 9.50. The molecule has 4 fully saturated rings. The fraction of sp³-hybridized carbons (Fsp3) is 0.895. The molecule has 4 saturated carbocycles. The molecule has 0 aromatic carbocycles. The molecule has 13 heteroatoms. The van der Waals surface area contributed by atoms with Crippen molar-refractivity contribution in [3.8, 4) is 0 Å². The smallest absolute Gasteiger partial charge is 0.432 e. The Kier molecular flexibility index (Phi) is 6.11. The first-order valence-electron chi connectivity index (χ1n) is 10.3. The molecule has 32 heavy (non-hydrogen) atoms. The van der Waals surface area contributed by atoms with Gasteiger partial charge in [0, 0.05) is 6.42 Å². The Morgan fingerprint density at radius 3 is 2.06 bits per heavy atom. The van der Waals surface area contributed by atoms with Gasteiger partial charge in [-0.25, -0.2) is 8.42 Å². The Morgan fingerprint density at radius 1 is 1.09 bits per heavy atom. The minimum Gasteiger partial charge on any atom is -0.743 e. The molecule has 0 heterocycles. The summed E-state index contributed by atoms with van der Waals surface area (Å²) in [4.78, 5) is 25.2. The highest BCUT2D eigenvalue weighted by Crippen LogP contribution is 2.63. The average molecular weight is 491 g/mol. The van der Waals surface area contributed by atoms with Gasteiger partial charge in [0.05, 0.1) is 11.3 Å². The Hall–Kier alpha value is -1.50. The van der Waals surface area contributed by atoms with E-state index >= 15 is 0 Å². The first-order valence-corrected chi connectivity index (χ1v) is 11.7. The van der Waals surface area contributed by atoms with Gasteiger partial charge >= 0.3 is 23.4 Å². The first-order chi connectivity index (χ1) is 14.4. The molecule has 0 saturated heterocycles. The lowest BCUT2D eigenvalue weighted by atomic mass is 9.48. The van der Waals surface area contributed by atoms with Gasteiger partial charge in [0.1, 0.15) is 5.60 Å². The second kappa shape index (κ2) is 7.78. The molecule has 0 aromatic heterocycles. The van der Waals surface area contributed by atoms with Crippen LogP contribution in [0.5, 0.6) is 0 Å². The summed E-state index contributed by atoms with van der Waals surface area (Å²) in [5, 5.41) is -5.90. The fourth-order valence-corrected chi connectivity index (χ4v) is 6.15. The molecule has 7 nitrogen and oxygen atoms in total. The van der Waals surface area contributed by atoms with Crippen LogP contribution in [-0.2, 0) is 29.2 Å². The zero-order valence-electron chi connectivity index (χ0n) is 17.4. The van der Waals surface area contributed by atoms with Crippen LogP contribution in [0.25, 0.3) is 0 Å². The molecule has 184 valence electrons. The number of rotatable bonds is 7. The Bertz CT molecular complexity index is 871. The predicted molar refractivity (Wildman–Crippen MR) is 96.0 cm³/mol.